The third-order valence-corrected chi connectivity index (χ3v) is 10.3. The number of hydrogen-bond donors (Lipinski definition) is 2. The van der Waals surface area contributed by atoms with Crippen molar-refractivity contribution in [3.05, 3.63) is 145 Å². The van der Waals surface area contributed by atoms with E-state index in [1.807, 2.05) is 27.7 Å². The molecule has 0 heterocycles. The summed E-state index contributed by atoms with van der Waals surface area (Å²) in [6.45, 7) is 7.44. The lowest BCUT2D eigenvalue weighted by atomic mass is 9.78. The highest BCUT2D eigenvalue weighted by Crippen LogP contribution is 2.47. The third-order valence-electron chi connectivity index (χ3n) is 10.3. The van der Waals surface area contributed by atoms with E-state index < -0.39 is 11.2 Å². The van der Waals surface area contributed by atoms with Gasteiger partial charge in [-0.05, 0) is 144 Å². The Balaban J connectivity index is 1.39. The van der Waals surface area contributed by atoms with Crippen LogP contribution in [0.1, 0.15) is 38.8 Å². The maximum atomic E-state index is 11.9. The van der Waals surface area contributed by atoms with Gasteiger partial charge in [0.1, 0.15) is 0 Å². The van der Waals surface area contributed by atoms with Crippen molar-refractivity contribution in [1.82, 2.24) is 0 Å². The van der Waals surface area contributed by atoms with E-state index in [0.29, 0.717) is 0 Å². The van der Waals surface area contributed by atoms with E-state index in [-0.39, 0.29) is 0 Å². The molecule has 0 spiro atoms. The molecule has 0 aromatic heterocycles. The Labute approximate surface area is 279 Å². The quantitative estimate of drug-likeness (QED) is 0.192. The number of fused-ring (bicyclic) bond motifs is 5. The van der Waals surface area contributed by atoms with E-state index in [0.717, 1.165) is 49.5 Å². The topological polar surface area (TPSA) is 40.5 Å². The lowest BCUT2D eigenvalue weighted by Gasteiger charge is -2.30. The van der Waals surface area contributed by atoms with Crippen LogP contribution >= 0.6 is 0 Å². The van der Waals surface area contributed by atoms with Gasteiger partial charge < -0.3 is 10.2 Å². The molecular weight excluding hydrogens is 585 g/mol. The van der Waals surface area contributed by atoms with Crippen molar-refractivity contribution in [3.63, 3.8) is 0 Å². The Morgan fingerprint density at radius 1 is 0.333 bits per heavy atom. The largest absolute Gasteiger partial charge is 0.386 e. The molecule has 9 aromatic carbocycles. The average molecular weight is 621 g/mol. The lowest BCUT2D eigenvalue weighted by molar-refractivity contribution is 0.0753. The Morgan fingerprint density at radius 3 is 1.52 bits per heavy atom. The van der Waals surface area contributed by atoms with E-state index in [2.05, 4.69) is 133 Å². The van der Waals surface area contributed by atoms with Gasteiger partial charge in [-0.15, -0.1) is 0 Å². The molecule has 0 unspecified atom stereocenters. The zero-order valence-corrected chi connectivity index (χ0v) is 27.6. The smallest absolute Gasteiger partial charge is 0.0846 e. The first-order chi connectivity index (χ1) is 23.1. The fourth-order valence-electron chi connectivity index (χ4n) is 8.13. The van der Waals surface area contributed by atoms with Crippen molar-refractivity contribution in [2.75, 3.05) is 0 Å². The van der Waals surface area contributed by atoms with Crippen LogP contribution in [0.2, 0.25) is 0 Å². The van der Waals surface area contributed by atoms with Gasteiger partial charge in [0.2, 0.25) is 0 Å². The first-order valence-electron chi connectivity index (χ1n) is 16.7. The van der Waals surface area contributed by atoms with Crippen LogP contribution in [0.25, 0.3) is 86.9 Å². The van der Waals surface area contributed by atoms with Gasteiger partial charge in [0, 0.05) is 0 Å². The van der Waals surface area contributed by atoms with Crippen molar-refractivity contribution in [1.29, 1.82) is 0 Å². The summed E-state index contributed by atoms with van der Waals surface area (Å²) in [5.41, 5.74) is 3.26. The van der Waals surface area contributed by atoms with Gasteiger partial charge in [0.05, 0.1) is 11.2 Å². The van der Waals surface area contributed by atoms with Gasteiger partial charge in [0.25, 0.3) is 0 Å². The molecule has 0 aliphatic carbocycles. The lowest BCUT2D eigenvalue weighted by Crippen LogP contribution is -2.21. The second kappa shape index (κ2) is 10.1. The Kier molecular flexibility index (Phi) is 6.09. The van der Waals surface area contributed by atoms with Crippen molar-refractivity contribution in [2.24, 2.45) is 0 Å². The second-order valence-electron chi connectivity index (χ2n) is 14.4. The summed E-state index contributed by atoms with van der Waals surface area (Å²) in [7, 11) is 0. The van der Waals surface area contributed by atoms with Gasteiger partial charge in [-0.25, -0.2) is 0 Å². The molecule has 9 aromatic rings. The number of rotatable bonds is 4. The Morgan fingerprint density at radius 2 is 0.833 bits per heavy atom. The van der Waals surface area contributed by atoms with Gasteiger partial charge in [0.15, 0.2) is 0 Å². The van der Waals surface area contributed by atoms with Crippen LogP contribution in [-0.4, -0.2) is 10.2 Å². The second-order valence-corrected chi connectivity index (χ2v) is 14.4. The Bertz CT molecular complexity index is 2720. The summed E-state index contributed by atoms with van der Waals surface area (Å²) in [6.07, 6.45) is 0. The molecule has 0 aliphatic heterocycles. The zero-order chi connectivity index (χ0) is 32.9. The van der Waals surface area contributed by atoms with E-state index in [9.17, 15) is 10.2 Å². The molecule has 0 fully saturated rings. The van der Waals surface area contributed by atoms with Crippen LogP contribution in [-0.2, 0) is 11.2 Å². The fraction of sp³-hybridized carbons (Fsp3) is 0.130. The molecule has 0 amide bonds. The fourth-order valence-corrected chi connectivity index (χ4v) is 8.13. The highest BCUT2D eigenvalue weighted by atomic mass is 16.3. The minimum Gasteiger partial charge on any atom is -0.386 e. The normalized spacial score (nSPS) is 12.8. The van der Waals surface area contributed by atoms with Gasteiger partial charge >= 0.3 is 0 Å². The highest BCUT2D eigenvalue weighted by Gasteiger charge is 2.30. The van der Waals surface area contributed by atoms with Crippen molar-refractivity contribution >= 4 is 64.6 Å². The standard InChI is InChI=1S/C46H36O2/c1-45(2,47)40-26-39(37-24-31-19-16-27-10-5-6-13-32(27)43(31)35-15-8-7-14-33(35)37)41(46(3,4)48)25-38(40)34-22-20-30-18-17-28-11-9-12-29-21-23-36(34)44(30)42(28)29/h5-26,47-48H,1-4H3. The number of hydrogen-bond acceptors (Lipinski definition) is 2. The first-order valence-corrected chi connectivity index (χ1v) is 16.7. The molecule has 9 rings (SSSR count). The molecule has 0 atom stereocenters. The molecule has 0 saturated heterocycles. The van der Waals surface area contributed by atoms with E-state index in [4.69, 9.17) is 0 Å². The average Bonchev–Trinajstić information content (AvgIpc) is 3.08. The molecular formula is C46H36O2. The summed E-state index contributed by atoms with van der Waals surface area (Å²) in [4.78, 5) is 0. The van der Waals surface area contributed by atoms with Crippen molar-refractivity contribution in [3.8, 4) is 22.3 Å². The molecule has 0 saturated carbocycles. The predicted octanol–water partition coefficient (Wildman–Crippen LogP) is 11.8. The molecule has 48 heavy (non-hydrogen) atoms. The van der Waals surface area contributed by atoms with Crippen LogP contribution in [0.15, 0.2) is 133 Å². The van der Waals surface area contributed by atoms with E-state index in [1.54, 1.807) is 0 Å². The van der Waals surface area contributed by atoms with Crippen LogP contribution in [0.5, 0.6) is 0 Å². The number of aliphatic hydroxyl groups is 2. The summed E-state index contributed by atoms with van der Waals surface area (Å²) in [5.74, 6) is 0. The molecule has 2 nitrogen and oxygen atoms in total. The Hall–Kier alpha value is -5.28. The maximum absolute atomic E-state index is 11.9. The van der Waals surface area contributed by atoms with Crippen molar-refractivity contribution < 1.29 is 10.2 Å². The van der Waals surface area contributed by atoms with Gasteiger partial charge in [-0.1, -0.05) is 115 Å². The molecule has 0 aliphatic rings. The minimum absolute atomic E-state index is 0.821. The first kappa shape index (κ1) is 28.9. The third kappa shape index (κ3) is 4.27. The van der Waals surface area contributed by atoms with E-state index in [1.165, 1.54) is 48.5 Å². The number of benzene rings is 9. The maximum Gasteiger partial charge on any atom is 0.0846 e. The summed E-state index contributed by atoms with van der Waals surface area (Å²) in [5, 5.41) is 38.1. The molecule has 0 bridgehead atoms. The van der Waals surface area contributed by atoms with E-state index >= 15 is 0 Å². The summed E-state index contributed by atoms with van der Waals surface area (Å²) >= 11 is 0. The molecule has 2 heteroatoms. The van der Waals surface area contributed by atoms with Crippen LogP contribution < -0.4 is 0 Å². The minimum atomic E-state index is -1.16. The van der Waals surface area contributed by atoms with Gasteiger partial charge in [-0.3, -0.25) is 0 Å². The van der Waals surface area contributed by atoms with Crippen LogP contribution in [0.3, 0.4) is 0 Å². The molecule has 232 valence electrons. The van der Waals surface area contributed by atoms with Crippen LogP contribution in [0.4, 0.5) is 0 Å². The molecule has 2 N–H and O–H groups in total. The highest BCUT2D eigenvalue weighted by molar-refractivity contribution is 6.26. The van der Waals surface area contributed by atoms with Gasteiger partial charge in [-0.2, -0.15) is 0 Å². The zero-order valence-electron chi connectivity index (χ0n) is 27.6. The summed E-state index contributed by atoms with van der Waals surface area (Å²) in [6, 6.07) is 47.7. The summed E-state index contributed by atoms with van der Waals surface area (Å²) < 4.78 is 0. The predicted molar refractivity (Wildman–Crippen MR) is 204 cm³/mol. The molecule has 0 radical (unpaired) electrons. The van der Waals surface area contributed by atoms with Crippen LogP contribution in [0, 0.1) is 0 Å². The van der Waals surface area contributed by atoms with Crippen molar-refractivity contribution in [2.45, 2.75) is 38.9 Å². The SMILES string of the molecule is CC(C)(O)c1cc(-c2ccc3ccc4cccc5ccc2c3c45)c(C(C)(C)O)cc1-c1cc2ccc3ccccc3c2c2ccccc12. The monoisotopic (exact) mass is 620 g/mol.